The van der Waals surface area contributed by atoms with Gasteiger partial charge < -0.3 is 15.2 Å². The Balaban J connectivity index is 1.64. The smallest absolute Gasteiger partial charge is 0.335 e. The Kier molecular flexibility index (Phi) is 4.63. The van der Waals surface area contributed by atoms with Gasteiger partial charge in [-0.25, -0.2) is 9.78 Å². The largest absolute Gasteiger partial charge is 0.504 e. The standard InChI is InChI=1S/C24H20N4O3/c29-22-20(23-25-18-12-11-17(24(30)31)13-19(18)26-23)27-28(14-15-7-3-1-4-8-15)21(22)16-9-5-2-6-10-16/h1-3,5-7,9-13,29H,4,8,14H2,(H,25,26)(H,30,31). The molecule has 4 aromatic rings. The van der Waals surface area contributed by atoms with E-state index in [-0.39, 0.29) is 11.3 Å². The maximum absolute atomic E-state index is 11.3. The van der Waals surface area contributed by atoms with Gasteiger partial charge in [-0.2, -0.15) is 5.10 Å². The van der Waals surface area contributed by atoms with Crippen molar-refractivity contribution < 1.29 is 15.0 Å². The first-order valence-corrected chi connectivity index (χ1v) is 10.0. The Morgan fingerprint density at radius 1 is 1.16 bits per heavy atom. The molecule has 0 fully saturated rings. The monoisotopic (exact) mass is 412 g/mol. The van der Waals surface area contributed by atoms with Crippen LogP contribution in [0.4, 0.5) is 0 Å². The molecule has 0 atom stereocenters. The molecule has 0 unspecified atom stereocenters. The predicted molar refractivity (Wildman–Crippen MR) is 118 cm³/mol. The van der Waals surface area contributed by atoms with Gasteiger partial charge >= 0.3 is 5.97 Å². The van der Waals surface area contributed by atoms with Crippen LogP contribution in [0.25, 0.3) is 33.8 Å². The van der Waals surface area contributed by atoms with Gasteiger partial charge in [-0.05, 0) is 36.6 Å². The van der Waals surface area contributed by atoms with E-state index in [4.69, 9.17) is 5.10 Å². The van der Waals surface area contributed by atoms with Crippen molar-refractivity contribution in [2.75, 3.05) is 0 Å². The average molecular weight is 412 g/mol. The predicted octanol–water partition coefficient (Wildman–Crippen LogP) is 4.77. The molecule has 0 bridgehead atoms. The summed E-state index contributed by atoms with van der Waals surface area (Å²) in [5, 5.41) is 25.1. The van der Waals surface area contributed by atoms with Gasteiger partial charge in [0, 0.05) is 5.56 Å². The lowest BCUT2D eigenvalue weighted by Gasteiger charge is -2.12. The number of aromatic nitrogens is 4. The SMILES string of the molecule is O=C(O)c1ccc2nc(-c3nn(CC4=CC=CCC4)c(-c4ccccc4)c3O)[nH]c2c1. The fraction of sp³-hybridized carbons (Fsp3) is 0.125. The van der Waals surface area contributed by atoms with E-state index in [9.17, 15) is 15.0 Å². The number of aromatic hydroxyl groups is 1. The number of aromatic amines is 1. The summed E-state index contributed by atoms with van der Waals surface area (Å²) in [7, 11) is 0. The maximum atomic E-state index is 11.3. The Labute approximate surface area is 178 Å². The summed E-state index contributed by atoms with van der Waals surface area (Å²) in [5.41, 5.74) is 4.39. The Morgan fingerprint density at radius 3 is 2.74 bits per heavy atom. The van der Waals surface area contributed by atoms with Crippen LogP contribution in [-0.4, -0.2) is 35.9 Å². The molecule has 0 spiro atoms. The van der Waals surface area contributed by atoms with Crippen molar-refractivity contribution in [2.45, 2.75) is 19.4 Å². The minimum Gasteiger partial charge on any atom is -0.504 e. The van der Waals surface area contributed by atoms with Crippen molar-refractivity contribution in [2.24, 2.45) is 0 Å². The molecule has 0 aliphatic heterocycles. The lowest BCUT2D eigenvalue weighted by molar-refractivity contribution is 0.0697. The molecule has 7 nitrogen and oxygen atoms in total. The van der Waals surface area contributed by atoms with Gasteiger partial charge in [-0.15, -0.1) is 0 Å². The molecule has 2 aromatic carbocycles. The zero-order valence-electron chi connectivity index (χ0n) is 16.6. The Bertz CT molecular complexity index is 1350. The van der Waals surface area contributed by atoms with E-state index < -0.39 is 5.97 Å². The van der Waals surface area contributed by atoms with Gasteiger partial charge in [0.25, 0.3) is 0 Å². The average Bonchev–Trinajstić information content (AvgIpc) is 3.35. The molecule has 0 saturated heterocycles. The quantitative estimate of drug-likeness (QED) is 0.438. The fourth-order valence-corrected chi connectivity index (χ4v) is 3.84. The van der Waals surface area contributed by atoms with Crippen LogP contribution < -0.4 is 0 Å². The van der Waals surface area contributed by atoms with E-state index in [2.05, 4.69) is 22.1 Å². The number of hydrogen-bond donors (Lipinski definition) is 3. The van der Waals surface area contributed by atoms with Crippen LogP contribution in [0, 0.1) is 0 Å². The molecule has 31 heavy (non-hydrogen) atoms. The number of carbonyl (C=O) groups is 1. The molecule has 0 saturated carbocycles. The minimum absolute atomic E-state index is 0.0377. The number of fused-ring (bicyclic) bond motifs is 1. The first-order chi connectivity index (χ1) is 15.1. The van der Waals surface area contributed by atoms with Crippen molar-refractivity contribution in [3.05, 3.63) is 77.9 Å². The number of carboxylic acids is 1. The topological polar surface area (TPSA) is 104 Å². The zero-order chi connectivity index (χ0) is 21.4. The minimum atomic E-state index is -1.01. The molecule has 5 rings (SSSR count). The maximum Gasteiger partial charge on any atom is 0.335 e. The molecule has 1 aliphatic rings. The number of hydrogen-bond acceptors (Lipinski definition) is 4. The van der Waals surface area contributed by atoms with Crippen LogP contribution >= 0.6 is 0 Å². The number of benzene rings is 2. The molecule has 0 radical (unpaired) electrons. The summed E-state index contributed by atoms with van der Waals surface area (Å²) in [6.45, 7) is 0.561. The first kappa shape index (κ1) is 18.9. The van der Waals surface area contributed by atoms with E-state index in [0.29, 0.717) is 34.8 Å². The number of H-pyrrole nitrogens is 1. The van der Waals surface area contributed by atoms with Gasteiger partial charge in [0.05, 0.1) is 23.1 Å². The van der Waals surface area contributed by atoms with Gasteiger partial charge in [-0.1, -0.05) is 48.6 Å². The van der Waals surface area contributed by atoms with E-state index in [1.807, 2.05) is 36.4 Å². The van der Waals surface area contributed by atoms with Crippen molar-refractivity contribution in [3.63, 3.8) is 0 Å². The van der Waals surface area contributed by atoms with E-state index in [1.54, 1.807) is 10.7 Å². The van der Waals surface area contributed by atoms with Gasteiger partial charge in [-0.3, -0.25) is 4.68 Å². The van der Waals surface area contributed by atoms with Gasteiger partial charge in [0.1, 0.15) is 5.69 Å². The highest BCUT2D eigenvalue weighted by Gasteiger charge is 2.23. The zero-order valence-corrected chi connectivity index (χ0v) is 16.6. The van der Waals surface area contributed by atoms with Crippen LogP contribution in [0.2, 0.25) is 0 Å². The molecule has 1 aliphatic carbocycles. The lowest BCUT2D eigenvalue weighted by Crippen LogP contribution is -2.06. The normalized spacial score (nSPS) is 13.5. The molecule has 2 heterocycles. The van der Waals surface area contributed by atoms with E-state index >= 15 is 0 Å². The van der Waals surface area contributed by atoms with Crippen molar-refractivity contribution >= 4 is 17.0 Å². The number of aromatic carboxylic acids is 1. The second-order valence-electron chi connectivity index (χ2n) is 7.48. The second-order valence-corrected chi connectivity index (χ2v) is 7.48. The fourth-order valence-electron chi connectivity index (χ4n) is 3.84. The second kappa shape index (κ2) is 7.60. The van der Waals surface area contributed by atoms with E-state index in [1.165, 1.54) is 17.7 Å². The third kappa shape index (κ3) is 3.50. The molecular formula is C24H20N4O3. The summed E-state index contributed by atoms with van der Waals surface area (Å²) >= 11 is 0. The summed E-state index contributed by atoms with van der Waals surface area (Å²) in [6, 6.07) is 14.3. The van der Waals surface area contributed by atoms with Gasteiger partial charge in [0.2, 0.25) is 0 Å². The number of rotatable bonds is 5. The Hall–Kier alpha value is -4.13. The van der Waals surface area contributed by atoms with Crippen LogP contribution in [0.5, 0.6) is 5.75 Å². The summed E-state index contributed by atoms with van der Waals surface area (Å²) in [5.74, 6) is -0.578. The van der Waals surface area contributed by atoms with Crippen LogP contribution in [0.1, 0.15) is 23.2 Å². The van der Waals surface area contributed by atoms with Crippen LogP contribution in [0.15, 0.2) is 72.3 Å². The number of imidazole rings is 1. The molecule has 3 N–H and O–H groups in total. The number of nitrogens with one attached hydrogen (secondary N) is 1. The van der Waals surface area contributed by atoms with E-state index in [0.717, 1.165) is 18.4 Å². The lowest BCUT2D eigenvalue weighted by atomic mass is 10.0. The van der Waals surface area contributed by atoms with Crippen molar-refractivity contribution in [1.29, 1.82) is 0 Å². The third-order valence-electron chi connectivity index (χ3n) is 5.38. The number of carboxylic acid groups (broad SMARTS) is 1. The summed E-state index contributed by atoms with van der Waals surface area (Å²) in [6.07, 6.45) is 8.20. The van der Waals surface area contributed by atoms with Crippen LogP contribution in [0.3, 0.4) is 0 Å². The summed E-state index contributed by atoms with van der Waals surface area (Å²) < 4.78 is 1.81. The van der Waals surface area contributed by atoms with Gasteiger partial charge in [0.15, 0.2) is 17.3 Å². The van der Waals surface area contributed by atoms with Crippen molar-refractivity contribution in [1.82, 2.24) is 19.7 Å². The highest BCUT2D eigenvalue weighted by Crippen LogP contribution is 2.38. The molecular weight excluding hydrogens is 392 g/mol. The first-order valence-electron chi connectivity index (χ1n) is 10.0. The third-order valence-corrected chi connectivity index (χ3v) is 5.38. The molecule has 154 valence electrons. The molecule has 0 amide bonds. The number of nitrogens with zero attached hydrogens (tertiary/aromatic N) is 3. The molecule has 2 aromatic heterocycles. The van der Waals surface area contributed by atoms with Crippen LogP contribution in [-0.2, 0) is 6.54 Å². The molecule has 7 heteroatoms. The van der Waals surface area contributed by atoms with Crippen molar-refractivity contribution in [3.8, 4) is 28.5 Å². The number of allylic oxidation sites excluding steroid dienone is 4. The highest BCUT2D eigenvalue weighted by molar-refractivity contribution is 5.93. The Morgan fingerprint density at radius 2 is 2.00 bits per heavy atom. The highest BCUT2D eigenvalue weighted by atomic mass is 16.4. The summed E-state index contributed by atoms with van der Waals surface area (Å²) in [4.78, 5) is 18.9.